The lowest BCUT2D eigenvalue weighted by molar-refractivity contribution is 0.270. The van der Waals surface area contributed by atoms with Crippen LogP contribution in [0.5, 0.6) is 0 Å². The minimum Gasteiger partial charge on any atom is -0.316 e. The van der Waals surface area contributed by atoms with Crippen LogP contribution >= 0.6 is 0 Å². The van der Waals surface area contributed by atoms with Gasteiger partial charge in [0.1, 0.15) is 0 Å². The van der Waals surface area contributed by atoms with Crippen molar-refractivity contribution in [3.8, 4) is 0 Å². The first-order valence-corrected chi connectivity index (χ1v) is 8.05. The van der Waals surface area contributed by atoms with Crippen molar-refractivity contribution in [3.05, 3.63) is 0 Å². The number of nitrogens with one attached hydrogen (secondary N) is 1. The Bertz CT molecular complexity index is 167. The summed E-state index contributed by atoms with van der Waals surface area (Å²) >= 11 is 0. The Hall–Kier alpha value is -0.0400. The predicted molar refractivity (Wildman–Crippen MR) is 77.4 cm³/mol. The minimum atomic E-state index is 0.943. The van der Waals surface area contributed by atoms with Gasteiger partial charge in [0.25, 0.3) is 0 Å². The highest BCUT2D eigenvalue weighted by molar-refractivity contribution is 4.72. The van der Waals surface area contributed by atoms with Crippen LogP contribution in [0.3, 0.4) is 0 Å². The van der Waals surface area contributed by atoms with Crippen molar-refractivity contribution in [2.24, 2.45) is 11.8 Å². The lowest BCUT2D eigenvalue weighted by Gasteiger charge is -2.26. The van der Waals surface area contributed by atoms with Crippen LogP contribution < -0.4 is 5.32 Å². The van der Waals surface area contributed by atoms with E-state index in [-0.39, 0.29) is 0 Å². The molecule has 1 saturated carbocycles. The second-order valence-corrected chi connectivity index (χ2v) is 5.99. The molecule has 0 spiro atoms. The molecule has 17 heavy (non-hydrogen) atoms. The normalized spacial score (nSPS) is 26.5. The third kappa shape index (κ3) is 7.08. The van der Waals surface area contributed by atoms with Gasteiger partial charge in [0.05, 0.1) is 0 Å². The van der Waals surface area contributed by atoms with Gasteiger partial charge in [-0.15, -0.1) is 0 Å². The Morgan fingerprint density at radius 3 is 2.47 bits per heavy atom. The number of hydrogen-bond donors (Lipinski definition) is 1. The van der Waals surface area contributed by atoms with Gasteiger partial charge < -0.3 is 5.32 Å². The summed E-state index contributed by atoms with van der Waals surface area (Å²) in [6.45, 7) is 7.26. The maximum Gasteiger partial charge on any atom is -0.00180 e. The van der Waals surface area contributed by atoms with Crippen molar-refractivity contribution < 1.29 is 0 Å². The molecule has 0 aromatic carbocycles. The first-order valence-electron chi connectivity index (χ1n) is 8.05. The quantitative estimate of drug-likeness (QED) is 0.631. The van der Waals surface area contributed by atoms with Crippen molar-refractivity contribution in [1.82, 2.24) is 5.32 Å². The van der Waals surface area contributed by atoms with Gasteiger partial charge in [0.15, 0.2) is 0 Å². The lowest BCUT2D eigenvalue weighted by atomic mass is 9.83. The standard InChI is InChI=1S/C16H33N/c1-3-4-5-10-13-17-14-16-12-9-7-6-8-11-15(16)2/h15-17H,3-14H2,1-2H3. The van der Waals surface area contributed by atoms with Crippen LogP contribution in [0, 0.1) is 11.8 Å². The van der Waals surface area contributed by atoms with E-state index in [0.717, 1.165) is 11.8 Å². The molecule has 2 atom stereocenters. The van der Waals surface area contributed by atoms with Crippen LogP contribution in [0.25, 0.3) is 0 Å². The topological polar surface area (TPSA) is 12.0 Å². The molecule has 1 nitrogen and oxygen atoms in total. The molecular weight excluding hydrogens is 206 g/mol. The Morgan fingerprint density at radius 2 is 1.71 bits per heavy atom. The summed E-state index contributed by atoms with van der Waals surface area (Å²) in [5.74, 6) is 1.89. The fraction of sp³-hybridized carbons (Fsp3) is 1.00. The summed E-state index contributed by atoms with van der Waals surface area (Å²) in [6.07, 6.45) is 14.3. The average Bonchev–Trinajstić information content (AvgIpc) is 2.32. The maximum absolute atomic E-state index is 3.69. The average molecular weight is 239 g/mol. The van der Waals surface area contributed by atoms with Crippen molar-refractivity contribution in [2.45, 2.75) is 78.1 Å². The van der Waals surface area contributed by atoms with Gasteiger partial charge in [-0.2, -0.15) is 0 Å². The van der Waals surface area contributed by atoms with Crippen molar-refractivity contribution in [3.63, 3.8) is 0 Å². The fourth-order valence-electron chi connectivity index (χ4n) is 3.01. The predicted octanol–water partition coefficient (Wildman–Crippen LogP) is 4.76. The third-order valence-corrected chi connectivity index (χ3v) is 4.40. The second kappa shape index (κ2) is 9.94. The van der Waals surface area contributed by atoms with Gasteiger partial charge in [-0.25, -0.2) is 0 Å². The highest BCUT2D eigenvalue weighted by atomic mass is 14.9. The largest absolute Gasteiger partial charge is 0.316 e. The smallest absolute Gasteiger partial charge is 0.00180 e. The van der Waals surface area contributed by atoms with Crippen LogP contribution in [0.4, 0.5) is 0 Å². The monoisotopic (exact) mass is 239 g/mol. The highest BCUT2D eigenvalue weighted by Crippen LogP contribution is 2.26. The molecular formula is C16H33N. The van der Waals surface area contributed by atoms with E-state index >= 15 is 0 Å². The molecule has 0 aromatic rings. The molecule has 0 heterocycles. The number of hydrogen-bond acceptors (Lipinski definition) is 1. The lowest BCUT2D eigenvalue weighted by Crippen LogP contribution is -2.28. The Kier molecular flexibility index (Phi) is 8.78. The van der Waals surface area contributed by atoms with Gasteiger partial charge in [0, 0.05) is 0 Å². The molecule has 1 rings (SSSR count). The zero-order valence-electron chi connectivity index (χ0n) is 12.1. The van der Waals surface area contributed by atoms with Gasteiger partial charge in [-0.1, -0.05) is 65.2 Å². The van der Waals surface area contributed by atoms with Gasteiger partial charge in [0.2, 0.25) is 0 Å². The van der Waals surface area contributed by atoms with Crippen LogP contribution in [0.1, 0.15) is 78.1 Å². The van der Waals surface area contributed by atoms with E-state index in [9.17, 15) is 0 Å². The first-order chi connectivity index (χ1) is 8.34. The molecule has 0 amide bonds. The van der Waals surface area contributed by atoms with Crippen molar-refractivity contribution >= 4 is 0 Å². The van der Waals surface area contributed by atoms with Gasteiger partial charge in [-0.05, 0) is 37.8 Å². The van der Waals surface area contributed by atoms with Crippen molar-refractivity contribution in [1.29, 1.82) is 0 Å². The zero-order chi connectivity index (χ0) is 12.3. The van der Waals surface area contributed by atoms with E-state index in [0.29, 0.717) is 0 Å². The van der Waals surface area contributed by atoms with Gasteiger partial charge in [-0.3, -0.25) is 0 Å². The summed E-state index contributed by atoms with van der Waals surface area (Å²) in [4.78, 5) is 0. The molecule has 1 N–H and O–H groups in total. The van der Waals surface area contributed by atoms with Crippen molar-refractivity contribution in [2.75, 3.05) is 13.1 Å². The first kappa shape index (κ1) is 15.0. The number of unbranched alkanes of at least 4 members (excludes halogenated alkanes) is 3. The SMILES string of the molecule is CCCCCCNCC1CCCCCCC1C. The minimum absolute atomic E-state index is 0.943. The van der Waals surface area contributed by atoms with E-state index in [1.807, 2.05) is 0 Å². The summed E-state index contributed by atoms with van der Waals surface area (Å²) in [6, 6.07) is 0. The van der Waals surface area contributed by atoms with E-state index < -0.39 is 0 Å². The molecule has 1 aliphatic rings. The number of rotatable bonds is 7. The van der Waals surface area contributed by atoms with E-state index in [1.54, 1.807) is 0 Å². The molecule has 0 saturated heterocycles. The highest BCUT2D eigenvalue weighted by Gasteiger charge is 2.18. The van der Waals surface area contributed by atoms with E-state index in [1.165, 1.54) is 77.3 Å². The van der Waals surface area contributed by atoms with E-state index in [2.05, 4.69) is 19.2 Å². The Morgan fingerprint density at radius 1 is 0.941 bits per heavy atom. The van der Waals surface area contributed by atoms with Crippen LogP contribution in [-0.2, 0) is 0 Å². The third-order valence-electron chi connectivity index (χ3n) is 4.40. The molecule has 0 aromatic heterocycles. The summed E-state index contributed by atoms with van der Waals surface area (Å²) in [5, 5.41) is 3.69. The van der Waals surface area contributed by atoms with E-state index in [4.69, 9.17) is 0 Å². The summed E-state index contributed by atoms with van der Waals surface area (Å²) in [5.41, 5.74) is 0. The Balaban J connectivity index is 2.06. The molecule has 102 valence electrons. The molecule has 1 fully saturated rings. The van der Waals surface area contributed by atoms with Crippen LogP contribution in [0.2, 0.25) is 0 Å². The van der Waals surface area contributed by atoms with Crippen LogP contribution in [0.15, 0.2) is 0 Å². The molecule has 1 heteroatoms. The summed E-state index contributed by atoms with van der Waals surface area (Å²) in [7, 11) is 0. The van der Waals surface area contributed by atoms with Crippen LogP contribution in [-0.4, -0.2) is 13.1 Å². The van der Waals surface area contributed by atoms with Gasteiger partial charge >= 0.3 is 0 Å². The fourth-order valence-corrected chi connectivity index (χ4v) is 3.01. The molecule has 0 aliphatic heterocycles. The molecule has 0 bridgehead atoms. The Labute approximate surface area is 109 Å². The molecule has 2 unspecified atom stereocenters. The maximum atomic E-state index is 3.69. The zero-order valence-corrected chi connectivity index (χ0v) is 12.1. The summed E-state index contributed by atoms with van der Waals surface area (Å²) < 4.78 is 0. The second-order valence-electron chi connectivity index (χ2n) is 5.99. The molecule has 1 aliphatic carbocycles. The molecule has 0 radical (unpaired) electrons.